The second-order valence-electron chi connectivity index (χ2n) is 7.31. The van der Waals surface area contributed by atoms with Crippen LogP contribution in [0, 0.1) is 0 Å². The minimum atomic E-state index is -2.83. The van der Waals surface area contributed by atoms with Gasteiger partial charge in [-0.3, -0.25) is 9.69 Å². The number of ether oxygens (including phenoxy) is 2. The second-order valence-corrected chi connectivity index (χ2v) is 8.21. The van der Waals surface area contributed by atoms with Crippen molar-refractivity contribution >= 4 is 35.1 Å². The zero-order valence-electron chi connectivity index (χ0n) is 18.0. The summed E-state index contributed by atoms with van der Waals surface area (Å²) in [5.74, 6) is 2.31. The molecule has 12 heteroatoms. The number of aromatic nitrogens is 2. The van der Waals surface area contributed by atoms with Crippen LogP contribution in [0.5, 0.6) is 5.75 Å². The second kappa shape index (κ2) is 10.1. The summed E-state index contributed by atoms with van der Waals surface area (Å²) in [6.45, 7) is 0.789. The third-order valence-electron chi connectivity index (χ3n) is 5.12. The molecule has 4 rings (SSSR count). The fraction of sp³-hybridized carbons (Fsp3) is 0.273. The van der Waals surface area contributed by atoms with Gasteiger partial charge in [0.15, 0.2) is 16.8 Å². The lowest BCUT2D eigenvalue weighted by atomic mass is 10.1. The summed E-state index contributed by atoms with van der Waals surface area (Å²) in [7, 11) is 1.47. The molecule has 2 aliphatic heterocycles. The first-order chi connectivity index (χ1) is 16.4. The topological polar surface area (TPSA) is 112 Å². The molecule has 2 aliphatic rings. The predicted octanol–water partition coefficient (Wildman–Crippen LogP) is 2.74. The van der Waals surface area contributed by atoms with Crippen molar-refractivity contribution in [2.45, 2.75) is 19.0 Å². The van der Waals surface area contributed by atoms with Crippen LogP contribution in [0.25, 0.3) is 11.4 Å². The molecule has 0 fully saturated rings. The van der Waals surface area contributed by atoms with E-state index in [2.05, 4.69) is 10.3 Å². The number of anilines is 2. The lowest BCUT2D eigenvalue weighted by Gasteiger charge is -2.22. The van der Waals surface area contributed by atoms with Gasteiger partial charge < -0.3 is 25.1 Å². The minimum Gasteiger partial charge on any atom is -0.491 e. The number of imidazole rings is 1. The number of hydrogen-bond acceptors (Lipinski definition) is 8. The van der Waals surface area contributed by atoms with E-state index in [-0.39, 0.29) is 23.2 Å². The smallest absolute Gasteiger partial charge is 0.278 e. The third-order valence-corrected chi connectivity index (χ3v) is 5.90. The number of nitrogens with two attached hydrogens (primary N) is 1. The van der Waals surface area contributed by atoms with E-state index in [9.17, 15) is 18.4 Å². The molecule has 34 heavy (non-hydrogen) atoms. The normalized spacial score (nSPS) is 15.9. The highest BCUT2D eigenvalue weighted by atomic mass is 32.2. The Morgan fingerprint density at radius 2 is 2.26 bits per heavy atom. The maximum Gasteiger partial charge on any atom is 0.278 e. The van der Waals surface area contributed by atoms with Gasteiger partial charge in [-0.15, -0.1) is 0 Å². The van der Waals surface area contributed by atoms with Crippen molar-refractivity contribution in [3.8, 4) is 17.1 Å². The van der Waals surface area contributed by atoms with Crippen molar-refractivity contribution < 1.29 is 27.8 Å². The Labute approximate surface area is 197 Å². The van der Waals surface area contributed by atoms with E-state index in [4.69, 9.17) is 15.2 Å². The van der Waals surface area contributed by atoms with E-state index in [0.29, 0.717) is 36.0 Å². The highest BCUT2D eigenvalue weighted by molar-refractivity contribution is 8.06. The number of nitrogens with zero attached hydrogens (tertiary/aromatic N) is 3. The van der Waals surface area contributed by atoms with Crippen LogP contribution < -0.4 is 20.7 Å². The fourth-order valence-corrected chi connectivity index (χ4v) is 4.23. The SMILES string of the molecule is COC[C@H](Nc1ccc2c(c1)OCCn1cc(N3C(=C=O)SC=CC=C3C(F)F)nc1-2)C(N)=O. The molecule has 0 spiro atoms. The number of halogens is 2. The van der Waals surface area contributed by atoms with Crippen LogP contribution in [-0.4, -0.2) is 54.2 Å². The zero-order chi connectivity index (χ0) is 24.2. The standard InChI is InChI=1S/C22H21F2N5O4S/c1-32-12-15(21(25)31)26-13-4-5-14-17(9-13)33-7-6-28-10-18(27-22(14)28)29-16(20(23)24)3-2-8-34-19(29)11-30/h2-5,8-10,15,20,26H,6-7,12H2,1H3,(H2,25,31)/t15-/m0/s1. The summed E-state index contributed by atoms with van der Waals surface area (Å²) in [5.41, 5.74) is 6.25. The van der Waals surface area contributed by atoms with Crippen LogP contribution in [0.3, 0.4) is 0 Å². The van der Waals surface area contributed by atoms with Crippen molar-refractivity contribution in [2.24, 2.45) is 5.73 Å². The van der Waals surface area contributed by atoms with Crippen molar-refractivity contribution in [3.63, 3.8) is 0 Å². The molecule has 1 aromatic carbocycles. The summed E-state index contributed by atoms with van der Waals surface area (Å²) in [6, 6.07) is 4.45. The number of allylic oxidation sites excluding steroid dienone is 3. The first-order valence-electron chi connectivity index (χ1n) is 10.2. The van der Waals surface area contributed by atoms with Crippen LogP contribution in [0.15, 0.2) is 52.7 Å². The maximum absolute atomic E-state index is 13.8. The monoisotopic (exact) mass is 489 g/mol. The molecule has 1 aromatic heterocycles. The third kappa shape index (κ3) is 4.69. The van der Waals surface area contributed by atoms with Gasteiger partial charge in [-0.1, -0.05) is 17.8 Å². The molecule has 0 saturated carbocycles. The first kappa shape index (κ1) is 23.6. The Kier molecular flexibility index (Phi) is 7.01. The molecule has 0 unspecified atom stereocenters. The van der Waals surface area contributed by atoms with E-state index >= 15 is 0 Å². The number of fused-ring (bicyclic) bond motifs is 3. The Morgan fingerprint density at radius 3 is 2.97 bits per heavy atom. The Bertz CT molecular complexity index is 1210. The van der Waals surface area contributed by atoms with Crippen LogP contribution in [0.4, 0.5) is 20.3 Å². The molecule has 0 bridgehead atoms. The van der Waals surface area contributed by atoms with Gasteiger partial charge >= 0.3 is 0 Å². The quantitative estimate of drug-likeness (QED) is 0.571. The van der Waals surface area contributed by atoms with Gasteiger partial charge in [-0.2, -0.15) is 0 Å². The molecule has 1 atom stereocenters. The molecular formula is C22H21F2N5O4S. The summed E-state index contributed by atoms with van der Waals surface area (Å²) in [4.78, 5) is 28.9. The maximum atomic E-state index is 13.8. The van der Waals surface area contributed by atoms with Gasteiger partial charge in [-0.05, 0) is 23.6 Å². The predicted molar refractivity (Wildman–Crippen MR) is 124 cm³/mol. The van der Waals surface area contributed by atoms with Gasteiger partial charge in [0.2, 0.25) is 5.91 Å². The summed E-state index contributed by atoms with van der Waals surface area (Å²) < 4.78 is 40.3. The van der Waals surface area contributed by atoms with Gasteiger partial charge in [0.05, 0.1) is 24.4 Å². The van der Waals surface area contributed by atoms with Crippen LogP contribution in [0.1, 0.15) is 0 Å². The van der Waals surface area contributed by atoms with Gasteiger partial charge in [0.1, 0.15) is 24.2 Å². The zero-order valence-corrected chi connectivity index (χ0v) is 18.9. The molecule has 3 N–H and O–H groups in total. The molecule has 1 amide bonds. The number of alkyl halides is 2. The van der Waals surface area contributed by atoms with Crippen molar-refractivity contribution in [1.82, 2.24) is 9.55 Å². The molecule has 9 nitrogen and oxygen atoms in total. The van der Waals surface area contributed by atoms with Crippen LogP contribution >= 0.6 is 11.8 Å². The van der Waals surface area contributed by atoms with Gasteiger partial charge in [0, 0.05) is 25.1 Å². The average Bonchev–Trinajstić information content (AvgIpc) is 2.99. The van der Waals surface area contributed by atoms with Crippen molar-refractivity contribution in [1.29, 1.82) is 0 Å². The van der Waals surface area contributed by atoms with E-state index in [1.165, 1.54) is 24.7 Å². The minimum absolute atomic E-state index is 0.0415. The molecule has 0 radical (unpaired) electrons. The molecule has 3 heterocycles. The number of benzene rings is 1. The molecule has 0 saturated heterocycles. The summed E-state index contributed by atoms with van der Waals surface area (Å²) in [6.07, 6.45) is 1.46. The molecule has 178 valence electrons. The Morgan fingerprint density at radius 1 is 1.44 bits per heavy atom. The highest BCUT2D eigenvalue weighted by Crippen LogP contribution is 2.39. The Balaban J connectivity index is 1.72. The van der Waals surface area contributed by atoms with E-state index < -0.39 is 18.4 Å². The van der Waals surface area contributed by atoms with E-state index in [1.54, 1.807) is 34.9 Å². The molecule has 0 aliphatic carbocycles. The number of rotatable bonds is 7. The fourth-order valence-electron chi connectivity index (χ4n) is 3.59. The number of nitrogens with one attached hydrogen (secondary N) is 1. The number of methoxy groups -OCH3 is 1. The summed E-state index contributed by atoms with van der Waals surface area (Å²) >= 11 is 0.980. The largest absolute Gasteiger partial charge is 0.491 e. The molecule has 2 aromatic rings. The van der Waals surface area contributed by atoms with E-state index in [0.717, 1.165) is 16.7 Å². The lowest BCUT2D eigenvalue weighted by molar-refractivity contribution is -0.119. The number of amides is 1. The number of thioether (sulfide) groups is 1. The number of carbonyl (C=O) groups excluding carboxylic acids is 2. The number of primary amides is 1. The first-order valence-corrected chi connectivity index (χ1v) is 11.1. The lowest BCUT2D eigenvalue weighted by Crippen LogP contribution is -2.38. The van der Waals surface area contributed by atoms with E-state index in [1.807, 2.05) is 0 Å². The van der Waals surface area contributed by atoms with Crippen molar-refractivity contribution in [3.05, 3.63) is 52.7 Å². The van der Waals surface area contributed by atoms with Crippen LogP contribution in [-0.2, 0) is 20.9 Å². The van der Waals surface area contributed by atoms with Gasteiger partial charge in [0.25, 0.3) is 6.43 Å². The molecular weight excluding hydrogens is 468 g/mol. The van der Waals surface area contributed by atoms with Crippen molar-refractivity contribution in [2.75, 3.05) is 30.5 Å². The summed E-state index contributed by atoms with van der Waals surface area (Å²) in [5, 5.41) is 4.50. The Hall–Kier alpha value is -3.60. The van der Waals surface area contributed by atoms with Crippen LogP contribution in [0.2, 0.25) is 0 Å². The highest BCUT2D eigenvalue weighted by Gasteiger charge is 2.30. The average molecular weight is 490 g/mol. The number of carbonyl (C=O) groups is 1. The number of hydrogen-bond donors (Lipinski definition) is 2. The van der Waals surface area contributed by atoms with Gasteiger partial charge in [-0.25, -0.2) is 18.6 Å².